The van der Waals surface area contributed by atoms with Crippen molar-refractivity contribution in [1.29, 1.82) is 0 Å². The fraction of sp³-hybridized carbons (Fsp3) is 0.250. The molecular weight excluding hydrogens is 340 g/mol. The molecular formula is C16H15ClO7. The summed E-state index contributed by atoms with van der Waals surface area (Å²) in [5, 5.41) is 0.206. The van der Waals surface area contributed by atoms with Gasteiger partial charge in [0.2, 0.25) is 0 Å². The van der Waals surface area contributed by atoms with Crippen LogP contribution in [0.2, 0.25) is 5.02 Å². The highest BCUT2D eigenvalue weighted by Crippen LogP contribution is 2.36. The number of esters is 2. The molecule has 0 radical (unpaired) electrons. The normalized spacial score (nSPS) is 10.2. The lowest BCUT2D eigenvalue weighted by Crippen LogP contribution is -2.09. The maximum Gasteiger partial charge on any atom is 0.341 e. The summed E-state index contributed by atoms with van der Waals surface area (Å²) in [6.07, 6.45) is 1.31. The van der Waals surface area contributed by atoms with Gasteiger partial charge in [-0.1, -0.05) is 11.6 Å². The van der Waals surface area contributed by atoms with Crippen molar-refractivity contribution >= 4 is 23.5 Å². The van der Waals surface area contributed by atoms with Gasteiger partial charge in [-0.25, -0.2) is 9.59 Å². The van der Waals surface area contributed by atoms with Crippen LogP contribution in [0.1, 0.15) is 26.5 Å². The van der Waals surface area contributed by atoms with Gasteiger partial charge in [0, 0.05) is 0 Å². The number of ether oxygens (including phenoxy) is 4. The predicted octanol–water partition coefficient (Wildman–Crippen LogP) is 3.09. The molecule has 0 amide bonds. The minimum Gasteiger partial charge on any atom is -0.493 e. The second kappa shape index (κ2) is 7.74. The van der Waals surface area contributed by atoms with Crippen LogP contribution < -0.4 is 9.47 Å². The number of hydrogen-bond acceptors (Lipinski definition) is 7. The molecule has 2 rings (SSSR count). The van der Waals surface area contributed by atoms with Crippen molar-refractivity contribution in [2.24, 2.45) is 0 Å². The molecule has 0 atom stereocenters. The molecule has 1 heterocycles. The number of furan rings is 1. The van der Waals surface area contributed by atoms with Gasteiger partial charge < -0.3 is 23.4 Å². The van der Waals surface area contributed by atoms with E-state index in [-0.39, 0.29) is 28.5 Å². The molecule has 7 nitrogen and oxygen atoms in total. The van der Waals surface area contributed by atoms with Crippen LogP contribution >= 0.6 is 11.6 Å². The molecule has 0 saturated carbocycles. The average molecular weight is 355 g/mol. The fourth-order valence-corrected chi connectivity index (χ4v) is 2.28. The molecule has 1 aromatic heterocycles. The molecule has 0 fully saturated rings. The molecule has 2 aromatic rings. The minimum absolute atomic E-state index is 0.170. The Morgan fingerprint density at radius 1 is 1.12 bits per heavy atom. The van der Waals surface area contributed by atoms with Gasteiger partial charge in [0.15, 0.2) is 23.9 Å². The monoisotopic (exact) mass is 354 g/mol. The molecule has 0 aliphatic carbocycles. The summed E-state index contributed by atoms with van der Waals surface area (Å²) in [6.45, 7) is -0.234. The van der Waals surface area contributed by atoms with Gasteiger partial charge in [-0.15, -0.1) is 0 Å². The molecule has 0 bridgehead atoms. The lowest BCUT2D eigenvalue weighted by molar-refractivity contribution is 0.0432. The highest BCUT2D eigenvalue weighted by molar-refractivity contribution is 6.32. The quantitative estimate of drug-likeness (QED) is 0.737. The van der Waals surface area contributed by atoms with Crippen molar-refractivity contribution in [2.75, 3.05) is 21.3 Å². The topological polar surface area (TPSA) is 84.2 Å². The van der Waals surface area contributed by atoms with E-state index in [2.05, 4.69) is 4.74 Å². The molecule has 0 N–H and O–H groups in total. The van der Waals surface area contributed by atoms with Gasteiger partial charge >= 0.3 is 11.9 Å². The Balaban J connectivity index is 2.15. The fourth-order valence-electron chi connectivity index (χ4n) is 1.99. The number of benzene rings is 1. The van der Waals surface area contributed by atoms with Gasteiger partial charge in [0.05, 0.1) is 38.2 Å². The first kappa shape index (κ1) is 17.7. The minimum atomic E-state index is -0.662. The Hall–Kier alpha value is -2.67. The van der Waals surface area contributed by atoms with E-state index in [1.165, 1.54) is 45.8 Å². The van der Waals surface area contributed by atoms with Crippen LogP contribution in [-0.4, -0.2) is 33.3 Å². The van der Waals surface area contributed by atoms with Gasteiger partial charge in [-0.2, -0.15) is 0 Å². The largest absolute Gasteiger partial charge is 0.493 e. The van der Waals surface area contributed by atoms with Crippen LogP contribution in [-0.2, 0) is 16.1 Å². The van der Waals surface area contributed by atoms with Crippen molar-refractivity contribution in [3.63, 3.8) is 0 Å². The second-order valence-corrected chi connectivity index (χ2v) is 4.93. The molecule has 128 valence electrons. The lowest BCUT2D eigenvalue weighted by atomic mass is 10.2. The zero-order valence-corrected chi connectivity index (χ0v) is 14.0. The van der Waals surface area contributed by atoms with Gasteiger partial charge in [-0.3, -0.25) is 0 Å². The standard InChI is InChI=1S/C16H15ClO7/c1-20-12-7-9(6-11(17)14(12)21-2)15(18)24-8-13-10(4-5-23-13)16(19)22-3/h4-7H,8H2,1-3H3. The smallest absolute Gasteiger partial charge is 0.341 e. The summed E-state index contributed by atoms with van der Waals surface area (Å²) >= 11 is 6.05. The zero-order valence-electron chi connectivity index (χ0n) is 13.3. The first-order valence-corrected chi connectivity index (χ1v) is 7.13. The van der Waals surface area contributed by atoms with Crippen LogP contribution in [0.4, 0.5) is 0 Å². The Bertz CT molecular complexity index is 751. The van der Waals surface area contributed by atoms with Crippen LogP contribution in [0, 0.1) is 0 Å². The van der Waals surface area contributed by atoms with Crippen molar-refractivity contribution in [2.45, 2.75) is 6.61 Å². The van der Waals surface area contributed by atoms with E-state index in [9.17, 15) is 9.59 Å². The first-order valence-electron chi connectivity index (χ1n) is 6.75. The molecule has 0 aliphatic heterocycles. The van der Waals surface area contributed by atoms with E-state index in [4.69, 9.17) is 30.2 Å². The number of carbonyl (C=O) groups excluding carboxylic acids is 2. The predicted molar refractivity (Wildman–Crippen MR) is 83.7 cm³/mol. The van der Waals surface area contributed by atoms with Gasteiger partial charge in [-0.05, 0) is 18.2 Å². The van der Waals surface area contributed by atoms with E-state index in [1.54, 1.807) is 0 Å². The Morgan fingerprint density at radius 3 is 2.50 bits per heavy atom. The van der Waals surface area contributed by atoms with E-state index in [0.717, 1.165) is 0 Å². The number of carbonyl (C=O) groups is 2. The van der Waals surface area contributed by atoms with E-state index < -0.39 is 11.9 Å². The van der Waals surface area contributed by atoms with Crippen LogP contribution in [0.5, 0.6) is 11.5 Å². The summed E-state index contributed by atoms with van der Waals surface area (Å²) in [5.74, 6) is -0.448. The highest BCUT2D eigenvalue weighted by atomic mass is 35.5. The third-order valence-corrected chi connectivity index (χ3v) is 3.44. The number of rotatable bonds is 6. The van der Waals surface area contributed by atoms with Crippen LogP contribution in [0.25, 0.3) is 0 Å². The van der Waals surface area contributed by atoms with Gasteiger partial charge in [0.1, 0.15) is 5.56 Å². The molecule has 0 saturated heterocycles. The Kier molecular flexibility index (Phi) is 5.70. The van der Waals surface area contributed by atoms with E-state index >= 15 is 0 Å². The molecule has 0 unspecified atom stereocenters. The second-order valence-electron chi connectivity index (χ2n) is 4.52. The Morgan fingerprint density at radius 2 is 1.88 bits per heavy atom. The molecule has 8 heteroatoms. The van der Waals surface area contributed by atoms with Crippen LogP contribution in [0.15, 0.2) is 28.9 Å². The van der Waals surface area contributed by atoms with E-state index in [0.29, 0.717) is 11.5 Å². The summed E-state index contributed by atoms with van der Waals surface area (Å²) < 4.78 is 25.1. The summed E-state index contributed by atoms with van der Waals surface area (Å²) in [4.78, 5) is 23.7. The highest BCUT2D eigenvalue weighted by Gasteiger charge is 2.19. The molecule has 24 heavy (non-hydrogen) atoms. The maximum absolute atomic E-state index is 12.2. The van der Waals surface area contributed by atoms with Crippen molar-refractivity contribution < 1.29 is 33.0 Å². The maximum atomic E-state index is 12.2. The lowest BCUT2D eigenvalue weighted by Gasteiger charge is -2.11. The third kappa shape index (κ3) is 3.62. The summed E-state index contributed by atoms with van der Waals surface area (Å²) in [6, 6.07) is 4.27. The Labute approximate surface area is 143 Å². The summed E-state index contributed by atoms with van der Waals surface area (Å²) in [7, 11) is 4.11. The van der Waals surface area contributed by atoms with Crippen molar-refractivity contribution in [3.8, 4) is 11.5 Å². The van der Waals surface area contributed by atoms with Crippen molar-refractivity contribution in [3.05, 3.63) is 46.4 Å². The molecule has 0 aliphatic rings. The molecule has 1 aromatic carbocycles. The first-order chi connectivity index (χ1) is 11.5. The van der Waals surface area contributed by atoms with Crippen molar-refractivity contribution in [1.82, 2.24) is 0 Å². The zero-order chi connectivity index (χ0) is 17.7. The summed E-state index contributed by atoms with van der Waals surface area (Å²) in [5.41, 5.74) is 0.361. The third-order valence-electron chi connectivity index (χ3n) is 3.15. The SMILES string of the molecule is COC(=O)c1ccoc1COC(=O)c1cc(Cl)c(OC)c(OC)c1. The van der Waals surface area contributed by atoms with Gasteiger partial charge in [0.25, 0.3) is 0 Å². The van der Waals surface area contributed by atoms with Crippen LogP contribution in [0.3, 0.4) is 0 Å². The average Bonchev–Trinajstić information content (AvgIpc) is 3.06. The molecule has 0 spiro atoms. The number of methoxy groups -OCH3 is 3. The number of halogens is 1. The van der Waals surface area contributed by atoms with E-state index in [1.807, 2.05) is 0 Å². The number of hydrogen-bond donors (Lipinski definition) is 0.